The molecule has 1 atom stereocenters. The molecule has 0 aliphatic carbocycles. The summed E-state index contributed by atoms with van der Waals surface area (Å²) in [4.78, 5) is 19.3. The van der Waals surface area contributed by atoms with Gasteiger partial charge in [-0.3, -0.25) is 9.78 Å². The Bertz CT molecular complexity index is 379. The number of hydrogen-bond acceptors (Lipinski definition) is 4. The highest BCUT2D eigenvalue weighted by molar-refractivity contribution is 5.70. The van der Waals surface area contributed by atoms with Gasteiger partial charge in [0.15, 0.2) is 0 Å². The van der Waals surface area contributed by atoms with Crippen LogP contribution in [0.5, 0.6) is 0 Å². The molecule has 0 aliphatic heterocycles. The average molecular weight is 223 g/mol. The van der Waals surface area contributed by atoms with E-state index in [4.69, 9.17) is 5.11 Å². The molecule has 0 saturated carbocycles. The summed E-state index contributed by atoms with van der Waals surface area (Å²) >= 11 is 0. The Labute approximate surface area is 94.9 Å². The van der Waals surface area contributed by atoms with Gasteiger partial charge < -0.3 is 10.4 Å². The zero-order chi connectivity index (χ0) is 12.1. The fraction of sp³-hybridized carbons (Fsp3) is 0.545. The lowest BCUT2D eigenvalue weighted by Gasteiger charge is -2.12. The second-order valence-corrected chi connectivity index (χ2v) is 3.77. The van der Waals surface area contributed by atoms with E-state index in [9.17, 15) is 4.79 Å². The number of nitrogens with zero attached hydrogens (tertiary/aromatic N) is 2. The Morgan fingerprint density at radius 3 is 2.81 bits per heavy atom. The van der Waals surface area contributed by atoms with E-state index >= 15 is 0 Å². The van der Waals surface area contributed by atoms with Crippen LogP contribution in [0.3, 0.4) is 0 Å². The summed E-state index contributed by atoms with van der Waals surface area (Å²) in [6.07, 6.45) is 2.29. The molecule has 1 aromatic heterocycles. The molecule has 0 saturated heterocycles. The van der Waals surface area contributed by atoms with Gasteiger partial charge in [0.05, 0.1) is 17.3 Å². The maximum atomic E-state index is 10.8. The van der Waals surface area contributed by atoms with Crippen LogP contribution in [0.4, 0.5) is 5.82 Å². The summed E-state index contributed by atoms with van der Waals surface area (Å²) in [7, 11) is 0. The number of aliphatic carboxylic acids is 1. The minimum atomic E-state index is -0.784. The van der Waals surface area contributed by atoms with Crippen molar-refractivity contribution in [1.29, 1.82) is 0 Å². The molecular formula is C11H17N3O2. The Kier molecular flexibility index (Phi) is 4.22. The van der Waals surface area contributed by atoms with Gasteiger partial charge in [-0.25, -0.2) is 4.98 Å². The lowest BCUT2D eigenvalue weighted by molar-refractivity contribution is -0.141. The third-order valence-corrected chi connectivity index (χ3v) is 2.43. The number of aryl methyl sites for hydroxylation is 2. The predicted octanol–water partition coefficient (Wildman–Crippen LogP) is 1.62. The van der Waals surface area contributed by atoms with E-state index in [0.717, 1.165) is 11.4 Å². The molecule has 0 radical (unpaired) electrons. The summed E-state index contributed by atoms with van der Waals surface area (Å²) in [5.41, 5.74) is 1.60. The van der Waals surface area contributed by atoms with Crippen LogP contribution in [-0.4, -0.2) is 27.6 Å². The molecule has 0 aliphatic rings. The first-order valence-corrected chi connectivity index (χ1v) is 5.31. The molecule has 5 nitrogen and oxygen atoms in total. The minimum absolute atomic E-state index is 0.380. The van der Waals surface area contributed by atoms with Crippen molar-refractivity contribution in [3.8, 4) is 0 Å². The Balaban J connectivity index is 2.66. The summed E-state index contributed by atoms with van der Waals surface area (Å²) in [6.45, 7) is 5.93. The molecule has 1 aromatic rings. The van der Waals surface area contributed by atoms with E-state index in [-0.39, 0.29) is 5.92 Å². The normalized spacial score (nSPS) is 12.2. The van der Waals surface area contributed by atoms with Crippen molar-refractivity contribution >= 4 is 11.8 Å². The first-order chi connectivity index (χ1) is 7.54. The maximum absolute atomic E-state index is 10.8. The molecule has 5 heteroatoms. The fourth-order valence-corrected chi connectivity index (χ4v) is 1.33. The van der Waals surface area contributed by atoms with E-state index in [1.165, 1.54) is 0 Å². The molecule has 1 rings (SSSR count). The monoisotopic (exact) mass is 223 g/mol. The van der Waals surface area contributed by atoms with Crippen LogP contribution < -0.4 is 5.32 Å². The second kappa shape index (κ2) is 5.44. The first kappa shape index (κ1) is 12.4. The summed E-state index contributed by atoms with van der Waals surface area (Å²) < 4.78 is 0. The smallest absolute Gasteiger partial charge is 0.308 e. The van der Waals surface area contributed by atoms with E-state index in [1.807, 2.05) is 20.8 Å². The maximum Gasteiger partial charge on any atom is 0.308 e. The largest absolute Gasteiger partial charge is 0.481 e. The standard InChI is InChI=1S/C11H17N3O2/c1-4-9(11(15)16)6-13-10-8(3)12-5-7(2)14-10/h5,9H,4,6H2,1-3H3,(H,13,14)(H,15,16). The minimum Gasteiger partial charge on any atom is -0.481 e. The number of nitrogens with one attached hydrogen (secondary N) is 1. The van der Waals surface area contributed by atoms with Gasteiger partial charge in [0.25, 0.3) is 0 Å². The van der Waals surface area contributed by atoms with Gasteiger partial charge in [-0.05, 0) is 20.3 Å². The Morgan fingerprint density at radius 2 is 2.25 bits per heavy atom. The molecular weight excluding hydrogens is 206 g/mol. The molecule has 0 spiro atoms. The van der Waals surface area contributed by atoms with Gasteiger partial charge in [0.1, 0.15) is 5.82 Å². The van der Waals surface area contributed by atoms with Crippen LogP contribution in [0.25, 0.3) is 0 Å². The highest BCUT2D eigenvalue weighted by Crippen LogP contribution is 2.10. The van der Waals surface area contributed by atoms with Crippen LogP contribution in [0.2, 0.25) is 0 Å². The average Bonchev–Trinajstić information content (AvgIpc) is 2.23. The van der Waals surface area contributed by atoms with Crippen LogP contribution in [0, 0.1) is 19.8 Å². The van der Waals surface area contributed by atoms with Crippen molar-refractivity contribution in [3.63, 3.8) is 0 Å². The third-order valence-electron chi connectivity index (χ3n) is 2.43. The zero-order valence-corrected chi connectivity index (χ0v) is 9.82. The lowest BCUT2D eigenvalue weighted by atomic mass is 10.1. The number of anilines is 1. The Morgan fingerprint density at radius 1 is 1.56 bits per heavy atom. The van der Waals surface area contributed by atoms with Gasteiger partial charge in [-0.1, -0.05) is 6.92 Å². The quantitative estimate of drug-likeness (QED) is 0.793. The van der Waals surface area contributed by atoms with Crippen molar-refractivity contribution in [1.82, 2.24) is 9.97 Å². The van der Waals surface area contributed by atoms with Crippen molar-refractivity contribution in [2.45, 2.75) is 27.2 Å². The number of carbonyl (C=O) groups is 1. The molecule has 0 aromatic carbocycles. The molecule has 16 heavy (non-hydrogen) atoms. The highest BCUT2D eigenvalue weighted by atomic mass is 16.4. The van der Waals surface area contributed by atoms with E-state index in [1.54, 1.807) is 6.20 Å². The molecule has 1 unspecified atom stereocenters. The van der Waals surface area contributed by atoms with Crippen molar-refractivity contribution < 1.29 is 9.90 Å². The van der Waals surface area contributed by atoms with Gasteiger partial charge in [0, 0.05) is 12.7 Å². The van der Waals surface area contributed by atoms with E-state index in [2.05, 4.69) is 15.3 Å². The van der Waals surface area contributed by atoms with Crippen LogP contribution in [-0.2, 0) is 4.79 Å². The fourth-order valence-electron chi connectivity index (χ4n) is 1.33. The second-order valence-electron chi connectivity index (χ2n) is 3.77. The first-order valence-electron chi connectivity index (χ1n) is 5.31. The number of hydrogen-bond donors (Lipinski definition) is 2. The van der Waals surface area contributed by atoms with Crippen molar-refractivity contribution in [2.75, 3.05) is 11.9 Å². The van der Waals surface area contributed by atoms with E-state index in [0.29, 0.717) is 18.8 Å². The molecule has 1 heterocycles. The van der Waals surface area contributed by atoms with Gasteiger partial charge in [-0.2, -0.15) is 0 Å². The number of rotatable bonds is 5. The molecule has 0 fully saturated rings. The van der Waals surface area contributed by atoms with Crippen LogP contribution >= 0.6 is 0 Å². The SMILES string of the molecule is CCC(CNc1nc(C)cnc1C)C(=O)O. The number of carboxylic acids is 1. The summed E-state index contributed by atoms with van der Waals surface area (Å²) in [6, 6.07) is 0. The molecule has 88 valence electrons. The van der Waals surface area contributed by atoms with E-state index < -0.39 is 5.97 Å². The van der Waals surface area contributed by atoms with Crippen molar-refractivity contribution in [3.05, 3.63) is 17.6 Å². The molecule has 0 bridgehead atoms. The molecule has 0 amide bonds. The lowest BCUT2D eigenvalue weighted by Crippen LogP contribution is -2.23. The number of aromatic nitrogens is 2. The predicted molar refractivity (Wildman–Crippen MR) is 61.4 cm³/mol. The van der Waals surface area contributed by atoms with Gasteiger partial charge in [0.2, 0.25) is 0 Å². The molecule has 2 N–H and O–H groups in total. The van der Waals surface area contributed by atoms with Crippen LogP contribution in [0.15, 0.2) is 6.20 Å². The zero-order valence-electron chi connectivity index (χ0n) is 9.82. The van der Waals surface area contributed by atoms with Gasteiger partial charge >= 0.3 is 5.97 Å². The summed E-state index contributed by atoms with van der Waals surface area (Å²) in [5, 5.41) is 11.9. The summed E-state index contributed by atoms with van der Waals surface area (Å²) in [5.74, 6) is -0.505. The van der Waals surface area contributed by atoms with Crippen LogP contribution in [0.1, 0.15) is 24.7 Å². The Hall–Kier alpha value is -1.65. The highest BCUT2D eigenvalue weighted by Gasteiger charge is 2.15. The third kappa shape index (κ3) is 3.18. The number of carboxylic acid groups (broad SMARTS) is 1. The van der Waals surface area contributed by atoms with Crippen molar-refractivity contribution in [2.24, 2.45) is 5.92 Å². The van der Waals surface area contributed by atoms with Gasteiger partial charge in [-0.15, -0.1) is 0 Å². The topological polar surface area (TPSA) is 75.1 Å².